The molecular formula is C14H16N4O. The first-order valence-corrected chi connectivity index (χ1v) is 6.17. The van der Waals surface area contributed by atoms with Gasteiger partial charge in [0.2, 0.25) is 0 Å². The lowest BCUT2D eigenvalue weighted by atomic mass is 10.1. The van der Waals surface area contributed by atoms with Gasteiger partial charge in [0.1, 0.15) is 0 Å². The first-order valence-electron chi connectivity index (χ1n) is 6.17. The van der Waals surface area contributed by atoms with Crippen LogP contribution in [0.25, 0.3) is 11.3 Å². The molecule has 0 saturated heterocycles. The molecule has 0 aliphatic rings. The first-order chi connectivity index (χ1) is 9.31. The van der Waals surface area contributed by atoms with E-state index in [9.17, 15) is 4.79 Å². The minimum atomic E-state index is -0.174. The van der Waals surface area contributed by atoms with Crippen LogP contribution in [0.1, 0.15) is 12.5 Å². The van der Waals surface area contributed by atoms with Crippen molar-refractivity contribution < 1.29 is 4.79 Å². The smallest absolute Gasteiger partial charge is 0.315 e. The molecule has 0 fully saturated rings. The van der Waals surface area contributed by atoms with Crippen LogP contribution >= 0.6 is 0 Å². The molecule has 0 aliphatic carbocycles. The van der Waals surface area contributed by atoms with Crippen LogP contribution in [0.3, 0.4) is 0 Å². The Hall–Kier alpha value is -2.43. The number of aromatic nitrogens is 2. The van der Waals surface area contributed by atoms with Gasteiger partial charge in [-0.15, -0.1) is 0 Å². The summed E-state index contributed by atoms with van der Waals surface area (Å²) >= 11 is 0. The highest BCUT2D eigenvalue weighted by atomic mass is 16.2. The van der Waals surface area contributed by atoms with Crippen molar-refractivity contribution in [2.75, 3.05) is 6.54 Å². The summed E-state index contributed by atoms with van der Waals surface area (Å²) < 4.78 is 0. The molecule has 0 radical (unpaired) electrons. The highest BCUT2D eigenvalue weighted by Gasteiger charge is 2.07. The fourth-order valence-electron chi connectivity index (χ4n) is 1.75. The molecule has 0 bridgehead atoms. The van der Waals surface area contributed by atoms with Gasteiger partial charge in [-0.1, -0.05) is 6.07 Å². The Labute approximate surface area is 112 Å². The predicted octanol–water partition coefficient (Wildman–Crippen LogP) is 1.96. The first kappa shape index (κ1) is 13.0. The van der Waals surface area contributed by atoms with E-state index in [1.165, 1.54) is 0 Å². The minimum absolute atomic E-state index is 0.174. The summed E-state index contributed by atoms with van der Waals surface area (Å²) in [6, 6.07) is 7.44. The summed E-state index contributed by atoms with van der Waals surface area (Å²) in [6.45, 7) is 2.93. The average molecular weight is 256 g/mol. The number of rotatable bonds is 4. The SMILES string of the molecule is CCNC(=O)NCc1cccnc1-c1ccncc1. The number of nitrogens with one attached hydrogen (secondary N) is 2. The van der Waals surface area contributed by atoms with E-state index in [0.717, 1.165) is 16.8 Å². The number of hydrogen-bond donors (Lipinski definition) is 2. The fourth-order valence-corrected chi connectivity index (χ4v) is 1.75. The standard InChI is InChI=1S/C14H16N4O/c1-2-16-14(19)18-10-12-4-3-7-17-13(12)11-5-8-15-9-6-11/h3-9H,2,10H2,1H3,(H2,16,18,19). The fraction of sp³-hybridized carbons (Fsp3) is 0.214. The third-order valence-electron chi connectivity index (χ3n) is 2.62. The van der Waals surface area contributed by atoms with Gasteiger partial charge in [0.05, 0.1) is 5.69 Å². The van der Waals surface area contributed by atoms with Gasteiger partial charge in [-0.25, -0.2) is 4.79 Å². The highest BCUT2D eigenvalue weighted by Crippen LogP contribution is 2.19. The van der Waals surface area contributed by atoms with Crippen LogP contribution in [0.15, 0.2) is 42.9 Å². The Morgan fingerprint density at radius 2 is 1.95 bits per heavy atom. The van der Waals surface area contributed by atoms with E-state index in [-0.39, 0.29) is 6.03 Å². The normalized spacial score (nSPS) is 9.95. The summed E-state index contributed by atoms with van der Waals surface area (Å²) in [6.07, 6.45) is 5.20. The predicted molar refractivity (Wildman–Crippen MR) is 73.4 cm³/mol. The molecule has 2 N–H and O–H groups in total. The zero-order chi connectivity index (χ0) is 13.5. The van der Waals surface area contributed by atoms with Gasteiger partial charge in [0, 0.05) is 37.2 Å². The average Bonchev–Trinajstić information content (AvgIpc) is 2.47. The second kappa shape index (κ2) is 6.49. The van der Waals surface area contributed by atoms with Crippen LogP contribution in [-0.4, -0.2) is 22.5 Å². The van der Waals surface area contributed by atoms with Crippen molar-refractivity contribution in [1.29, 1.82) is 0 Å². The van der Waals surface area contributed by atoms with Crippen LogP contribution in [0, 0.1) is 0 Å². The van der Waals surface area contributed by atoms with Gasteiger partial charge in [0.25, 0.3) is 0 Å². The quantitative estimate of drug-likeness (QED) is 0.878. The van der Waals surface area contributed by atoms with Crippen LogP contribution in [0.4, 0.5) is 4.79 Å². The summed E-state index contributed by atoms with van der Waals surface area (Å²) in [7, 11) is 0. The third kappa shape index (κ3) is 3.51. The summed E-state index contributed by atoms with van der Waals surface area (Å²) in [4.78, 5) is 19.8. The van der Waals surface area contributed by atoms with Gasteiger partial charge in [-0.2, -0.15) is 0 Å². The lowest BCUT2D eigenvalue weighted by Gasteiger charge is -2.10. The van der Waals surface area contributed by atoms with Crippen molar-refractivity contribution in [2.45, 2.75) is 13.5 Å². The lowest BCUT2D eigenvalue weighted by Crippen LogP contribution is -2.34. The van der Waals surface area contributed by atoms with Crippen molar-refractivity contribution >= 4 is 6.03 Å². The maximum absolute atomic E-state index is 11.4. The Balaban J connectivity index is 2.15. The molecule has 98 valence electrons. The van der Waals surface area contributed by atoms with Crippen molar-refractivity contribution in [3.05, 3.63) is 48.4 Å². The lowest BCUT2D eigenvalue weighted by molar-refractivity contribution is 0.241. The molecule has 2 aromatic rings. The topological polar surface area (TPSA) is 66.9 Å². The Kier molecular flexibility index (Phi) is 4.44. The van der Waals surface area contributed by atoms with E-state index in [1.807, 2.05) is 31.2 Å². The molecule has 0 aliphatic heterocycles. The molecule has 0 spiro atoms. The van der Waals surface area contributed by atoms with Crippen molar-refractivity contribution in [3.63, 3.8) is 0 Å². The Bertz CT molecular complexity index is 542. The summed E-state index contributed by atoms with van der Waals surface area (Å²) in [5.74, 6) is 0. The van der Waals surface area contributed by atoms with Crippen LogP contribution in [-0.2, 0) is 6.54 Å². The second-order valence-corrected chi connectivity index (χ2v) is 3.96. The molecule has 0 saturated carbocycles. The van der Waals surface area contributed by atoms with Gasteiger partial charge in [-0.3, -0.25) is 9.97 Å². The van der Waals surface area contributed by atoms with Crippen molar-refractivity contribution in [3.8, 4) is 11.3 Å². The molecule has 0 unspecified atom stereocenters. The summed E-state index contributed by atoms with van der Waals surface area (Å²) in [5, 5.41) is 5.50. The maximum atomic E-state index is 11.4. The molecule has 2 aromatic heterocycles. The van der Waals surface area contributed by atoms with Crippen LogP contribution in [0.2, 0.25) is 0 Å². The number of pyridine rings is 2. The van der Waals surface area contributed by atoms with Crippen molar-refractivity contribution in [1.82, 2.24) is 20.6 Å². The minimum Gasteiger partial charge on any atom is -0.338 e. The van der Waals surface area contributed by atoms with Gasteiger partial charge in [0.15, 0.2) is 0 Å². The van der Waals surface area contributed by atoms with E-state index in [4.69, 9.17) is 0 Å². The maximum Gasteiger partial charge on any atom is 0.315 e. The molecule has 0 aromatic carbocycles. The molecule has 2 heterocycles. The van der Waals surface area contributed by atoms with E-state index in [1.54, 1.807) is 18.6 Å². The van der Waals surface area contributed by atoms with E-state index >= 15 is 0 Å². The Morgan fingerprint density at radius 1 is 1.16 bits per heavy atom. The van der Waals surface area contributed by atoms with E-state index < -0.39 is 0 Å². The van der Waals surface area contributed by atoms with E-state index in [2.05, 4.69) is 20.6 Å². The molecule has 5 heteroatoms. The van der Waals surface area contributed by atoms with Gasteiger partial charge < -0.3 is 10.6 Å². The van der Waals surface area contributed by atoms with Gasteiger partial charge >= 0.3 is 6.03 Å². The zero-order valence-electron chi connectivity index (χ0n) is 10.8. The second-order valence-electron chi connectivity index (χ2n) is 3.96. The number of carbonyl (C=O) groups is 1. The zero-order valence-corrected chi connectivity index (χ0v) is 10.8. The van der Waals surface area contributed by atoms with E-state index in [0.29, 0.717) is 13.1 Å². The number of hydrogen-bond acceptors (Lipinski definition) is 3. The number of nitrogens with zero attached hydrogens (tertiary/aromatic N) is 2. The third-order valence-corrected chi connectivity index (χ3v) is 2.62. The summed E-state index contributed by atoms with van der Waals surface area (Å²) in [5.41, 5.74) is 2.82. The molecule has 5 nitrogen and oxygen atoms in total. The van der Waals surface area contributed by atoms with Crippen LogP contribution < -0.4 is 10.6 Å². The molecule has 2 rings (SSSR count). The molecular weight excluding hydrogens is 240 g/mol. The van der Waals surface area contributed by atoms with Gasteiger partial charge in [-0.05, 0) is 30.7 Å². The highest BCUT2D eigenvalue weighted by molar-refractivity contribution is 5.74. The number of urea groups is 1. The molecule has 19 heavy (non-hydrogen) atoms. The monoisotopic (exact) mass is 256 g/mol. The van der Waals surface area contributed by atoms with Crippen LogP contribution in [0.5, 0.6) is 0 Å². The Morgan fingerprint density at radius 3 is 2.68 bits per heavy atom. The van der Waals surface area contributed by atoms with Crippen molar-refractivity contribution in [2.24, 2.45) is 0 Å². The largest absolute Gasteiger partial charge is 0.338 e. The molecule has 2 amide bonds. The molecule has 0 atom stereocenters. The number of carbonyl (C=O) groups excluding carboxylic acids is 1. The number of amides is 2.